The molecule has 1 aliphatic rings. The summed E-state index contributed by atoms with van der Waals surface area (Å²) in [5.74, 6) is 0.0480. The number of carbonyl (C=O) groups is 1. The fraction of sp³-hybridized carbons (Fsp3) is 0.632. The lowest BCUT2D eigenvalue weighted by Gasteiger charge is -2.35. The molecule has 5 nitrogen and oxygen atoms in total. The van der Waals surface area contributed by atoms with Crippen LogP contribution in [0.2, 0.25) is 0 Å². The Hall–Kier alpha value is -1.59. The fourth-order valence-electron chi connectivity index (χ4n) is 3.13. The van der Waals surface area contributed by atoms with E-state index in [9.17, 15) is 4.79 Å². The summed E-state index contributed by atoms with van der Waals surface area (Å²) in [6.07, 6.45) is 2.64. The zero-order valence-electron chi connectivity index (χ0n) is 15.2. The van der Waals surface area contributed by atoms with Crippen molar-refractivity contribution >= 4 is 11.6 Å². The van der Waals surface area contributed by atoms with Gasteiger partial charge < -0.3 is 15.4 Å². The maximum absolute atomic E-state index is 11.9. The van der Waals surface area contributed by atoms with Crippen molar-refractivity contribution < 1.29 is 9.53 Å². The first-order valence-corrected chi connectivity index (χ1v) is 9.04. The second kappa shape index (κ2) is 9.64. The van der Waals surface area contributed by atoms with Crippen molar-refractivity contribution in [2.45, 2.75) is 52.4 Å². The van der Waals surface area contributed by atoms with Gasteiger partial charge in [-0.3, -0.25) is 9.69 Å². The van der Waals surface area contributed by atoms with Crippen molar-refractivity contribution in [2.24, 2.45) is 0 Å². The summed E-state index contributed by atoms with van der Waals surface area (Å²) in [6.45, 7) is 10.2. The van der Waals surface area contributed by atoms with Crippen LogP contribution in [0.25, 0.3) is 0 Å². The normalized spacial score (nSPS) is 21.5. The number of nitrogens with one attached hydrogen (secondary N) is 2. The summed E-state index contributed by atoms with van der Waals surface area (Å²) in [4.78, 5) is 14.3. The van der Waals surface area contributed by atoms with Gasteiger partial charge in [-0.1, -0.05) is 31.5 Å². The monoisotopic (exact) mass is 333 g/mol. The predicted molar refractivity (Wildman–Crippen MR) is 98.1 cm³/mol. The van der Waals surface area contributed by atoms with Crippen molar-refractivity contribution in [2.75, 3.05) is 31.5 Å². The first kappa shape index (κ1) is 18.7. The van der Waals surface area contributed by atoms with Gasteiger partial charge in [-0.05, 0) is 31.9 Å². The van der Waals surface area contributed by atoms with Crippen LogP contribution in [0.4, 0.5) is 5.69 Å². The van der Waals surface area contributed by atoms with Gasteiger partial charge in [-0.2, -0.15) is 0 Å². The first-order valence-electron chi connectivity index (χ1n) is 9.04. The first-order chi connectivity index (χ1) is 11.6. The van der Waals surface area contributed by atoms with Crippen molar-refractivity contribution in [3.63, 3.8) is 0 Å². The number of nitrogens with zero attached hydrogens (tertiary/aromatic N) is 1. The number of unbranched alkanes of at least 4 members (excludes halogenated alkanes) is 1. The summed E-state index contributed by atoms with van der Waals surface area (Å²) >= 11 is 0. The van der Waals surface area contributed by atoms with E-state index in [2.05, 4.69) is 48.4 Å². The number of benzene rings is 1. The largest absolute Gasteiger partial charge is 0.376 e. The Morgan fingerprint density at radius 3 is 2.67 bits per heavy atom. The zero-order chi connectivity index (χ0) is 17.4. The van der Waals surface area contributed by atoms with Gasteiger partial charge in [0.05, 0.1) is 18.8 Å². The van der Waals surface area contributed by atoms with Crippen molar-refractivity contribution in [1.29, 1.82) is 0 Å². The average molecular weight is 333 g/mol. The minimum atomic E-state index is 0.0480. The van der Waals surface area contributed by atoms with Crippen LogP contribution < -0.4 is 10.6 Å². The van der Waals surface area contributed by atoms with Crippen molar-refractivity contribution in [3.05, 3.63) is 29.8 Å². The Morgan fingerprint density at radius 2 is 1.96 bits per heavy atom. The van der Waals surface area contributed by atoms with E-state index in [1.54, 1.807) is 0 Å². The van der Waals surface area contributed by atoms with Crippen LogP contribution in [0.5, 0.6) is 0 Å². The van der Waals surface area contributed by atoms with Gasteiger partial charge in [-0.25, -0.2) is 0 Å². The molecule has 134 valence electrons. The van der Waals surface area contributed by atoms with E-state index in [0.29, 0.717) is 6.54 Å². The van der Waals surface area contributed by atoms with Gasteiger partial charge in [0, 0.05) is 31.9 Å². The van der Waals surface area contributed by atoms with Gasteiger partial charge in [0.15, 0.2) is 0 Å². The summed E-state index contributed by atoms with van der Waals surface area (Å²) in [5, 5.41) is 6.22. The molecule has 1 fully saturated rings. The topological polar surface area (TPSA) is 53.6 Å². The van der Waals surface area contributed by atoms with Crippen LogP contribution in [0.15, 0.2) is 24.3 Å². The summed E-state index contributed by atoms with van der Waals surface area (Å²) < 4.78 is 5.80. The molecule has 0 unspecified atom stereocenters. The van der Waals surface area contributed by atoms with Crippen molar-refractivity contribution in [3.8, 4) is 0 Å². The van der Waals surface area contributed by atoms with E-state index in [1.807, 2.05) is 12.1 Å². The van der Waals surface area contributed by atoms with E-state index in [4.69, 9.17) is 4.74 Å². The third-order valence-corrected chi connectivity index (χ3v) is 4.20. The molecule has 2 rings (SSSR count). The van der Waals surface area contributed by atoms with Crippen LogP contribution in [-0.2, 0) is 16.1 Å². The molecule has 0 spiro atoms. The van der Waals surface area contributed by atoms with Crippen molar-refractivity contribution in [1.82, 2.24) is 10.2 Å². The number of hydrogen-bond acceptors (Lipinski definition) is 4. The average Bonchev–Trinajstić information content (AvgIpc) is 2.53. The third kappa shape index (κ3) is 6.13. The Kier molecular flexibility index (Phi) is 7.53. The molecule has 0 radical (unpaired) electrons. The van der Waals surface area contributed by atoms with Gasteiger partial charge in [0.1, 0.15) is 0 Å². The molecule has 1 heterocycles. The number of morpholine rings is 1. The molecule has 24 heavy (non-hydrogen) atoms. The van der Waals surface area contributed by atoms with Gasteiger partial charge in [-0.15, -0.1) is 0 Å². The smallest absolute Gasteiger partial charge is 0.239 e. The molecule has 1 amide bonds. The number of amides is 1. The van der Waals surface area contributed by atoms with Crippen LogP contribution >= 0.6 is 0 Å². The fourth-order valence-corrected chi connectivity index (χ4v) is 3.13. The highest BCUT2D eigenvalue weighted by Crippen LogP contribution is 2.20. The maximum atomic E-state index is 11.9. The number of ether oxygens (including phenoxy) is 1. The number of para-hydroxylation sites is 1. The lowest BCUT2D eigenvalue weighted by Crippen LogP contribution is -2.44. The number of anilines is 1. The maximum Gasteiger partial charge on any atom is 0.239 e. The molecule has 0 saturated carbocycles. The highest BCUT2D eigenvalue weighted by molar-refractivity contribution is 5.80. The van der Waals surface area contributed by atoms with Crippen LogP contribution in [-0.4, -0.2) is 49.2 Å². The van der Waals surface area contributed by atoms with Crippen LogP contribution in [0.1, 0.15) is 39.2 Å². The minimum Gasteiger partial charge on any atom is -0.376 e. The SMILES string of the molecule is CCCCNC(=O)CNc1ccccc1CN1C[C@H](C)O[C@@H](C)C1. The van der Waals surface area contributed by atoms with Gasteiger partial charge in [0.2, 0.25) is 5.91 Å². The molecule has 1 aromatic carbocycles. The van der Waals surface area contributed by atoms with Crippen LogP contribution in [0.3, 0.4) is 0 Å². The summed E-state index contributed by atoms with van der Waals surface area (Å²) in [5.41, 5.74) is 2.26. The Bertz CT molecular complexity index is 511. The molecule has 1 aliphatic heterocycles. The van der Waals surface area contributed by atoms with Gasteiger partial charge >= 0.3 is 0 Å². The van der Waals surface area contributed by atoms with E-state index in [-0.39, 0.29) is 18.1 Å². The highest BCUT2D eigenvalue weighted by atomic mass is 16.5. The Balaban J connectivity index is 1.89. The Labute approximate surface area is 145 Å². The number of rotatable bonds is 8. The standard InChI is InChI=1S/C19H31N3O2/c1-4-5-10-20-19(23)11-21-18-9-7-6-8-17(18)14-22-12-15(2)24-16(3)13-22/h6-9,15-16,21H,4-5,10-14H2,1-3H3,(H,20,23)/t15-,16-/m0/s1. The number of hydrogen-bond donors (Lipinski definition) is 2. The Morgan fingerprint density at radius 1 is 1.25 bits per heavy atom. The zero-order valence-corrected chi connectivity index (χ0v) is 15.2. The molecule has 0 aromatic heterocycles. The molecular weight excluding hydrogens is 302 g/mol. The quantitative estimate of drug-likeness (QED) is 0.718. The lowest BCUT2D eigenvalue weighted by molar-refractivity contribution is -0.119. The summed E-state index contributed by atoms with van der Waals surface area (Å²) in [7, 11) is 0. The van der Waals surface area contributed by atoms with E-state index >= 15 is 0 Å². The van der Waals surface area contributed by atoms with Crippen LogP contribution in [0, 0.1) is 0 Å². The molecule has 2 N–H and O–H groups in total. The molecule has 0 bridgehead atoms. The van der Waals surface area contributed by atoms with E-state index in [1.165, 1.54) is 5.56 Å². The summed E-state index contributed by atoms with van der Waals surface area (Å²) in [6, 6.07) is 8.23. The predicted octanol–water partition coefficient (Wildman–Crippen LogP) is 2.62. The molecule has 1 aromatic rings. The molecule has 2 atom stereocenters. The van der Waals surface area contributed by atoms with E-state index in [0.717, 1.165) is 44.7 Å². The number of carbonyl (C=O) groups excluding carboxylic acids is 1. The molecule has 1 saturated heterocycles. The third-order valence-electron chi connectivity index (χ3n) is 4.20. The molecule has 5 heteroatoms. The van der Waals surface area contributed by atoms with E-state index < -0.39 is 0 Å². The second-order valence-electron chi connectivity index (χ2n) is 6.67. The highest BCUT2D eigenvalue weighted by Gasteiger charge is 2.22. The van der Waals surface area contributed by atoms with Gasteiger partial charge in [0.25, 0.3) is 0 Å². The second-order valence-corrected chi connectivity index (χ2v) is 6.67. The molecular formula is C19H31N3O2. The molecule has 0 aliphatic carbocycles. The lowest BCUT2D eigenvalue weighted by atomic mass is 10.1. The minimum absolute atomic E-state index is 0.0480.